The summed E-state index contributed by atoms with van der Waals surface area (Å²) in [5.74, 6) is 0. The van der Waals surface area contributed by atoms with Crippen molar-refractivity contribution in [2.24, 2.45) is 0 Å². The molecule has 36 heavy (non-hydrogen) atoms. The maximum atomic E-state index is 2.40. The van der Waals surface area contributed by atoms with Gasteiger partial charge in [0, 0.05) is 27.0 Å². The van der Waals surface area contributed by atoms with Gasteiger partial charge in [-0.3, -0.25) is 0 Å². The molecule has 0 aliphatic carbocycles. The zero-order valence-electron chi connectivity index (χ0n) is 19.8. The Bertz CT molecular complexity index is 1460. The topological polar surface area (TPSA) is 0 Å². The van der Waals surface area contributed by atoms with Crippen LogP contribution in [0.1, 0.15) is 28.7 Å². The molecule has 0 radical (unpaired) electrons. The molecule has 0 N–H and O–H groups in total. The fraction of sp³-hybridized carbons (Fsp3) is 0.0294. The van der Waals surface area contributed by atoms with Gasteiger partial charge in [0.1, 0.15) is 0 Å². The summed E-state index contributed by atoms with van der Waals surface area (Å²) in [7, 11) is 0. The largest absolute Gasteiger partial charge is 0.238 e. The van der Waals surface area contributed by atoms with Crippen LogP contribution in [0.5, 0.6) is 0 Å². The molecule has 6 rings (SSSR count). The van der Waals surface area contributed by atoms with Crippen molar-refractivity contribution in [3.05, 3.63) is 173 Å². The lowest BCUT2D eigenvalue weighted by Crippen LogP contribution is -2.10. The Morgan fingerprint density at radius 2 is 0.917 bits per heavy atom. The molecule has 0 saturated heterocycles. The standard InChI is InChI=1S/C34H25S2/c1-5-13-25(14-6-1)31-21-29(22-32(35-31)26-15-7-2-8-16-26)30-23-33(27-17-9-3-10-18-27)36-34(24-30)28-19-11-4-12-20-28/h1-23H,24H2/q+1. The van der Waals surface area contributed by atoms with Gasteiger partial charge < -0.3 is 0 Å². The summed E-state index contributed by atoms with van der Waals surface area (Å²) in [6.07, 6.45) is 8.07. The molecule has 4 aromatic rings. The van der Waals surface area contributed by atoms with Crippen molar-refractivity contribution in [3.8, 4) is 0 Å². The van der Waals surface area contributed by atoms with Crippen LogP contribution in [0.3, 0.4) is 0 Å². The van der Waals surface area contributed by atoms with E-state index in [1.54, 1.807) is 0 Å². The third-order valence-electron chi connectivity index (χ3n) is 6.32. The monoisotopic (exact) mass is 497 g/mol. The van der Waals surface area contributed by atoms with Crippen LogP contribution in [-0.4, -0.2) is 4.86 Å². The molecular weight excluding hydrogens is 473 g/mol. The van der Waals surface area contributed by atoms with Gasteiger partial charge in [-0.15, -0.1) is 0 Å². The lowest BCUT2D eigenvalue weighted by Gasteiger charge is -2.19. The van der Waals surface area contributed by atoms with E-state index < -0.39 is 0 Å². The molecule has 0 nitrogen and oxygen atoms in total. The number of hydrogen-bond acceptors (Lipinski definition) is 1. The molecule has 2 aliphatic heterocycles. The quantitative estimate of drug-likeness (QED) is 0.200. The van der Waals surface area contributed by atoms with Crippen LogP contribution in [0.2, 0.25) is 0 Å². The summed E-state index contributed by atoms with van der Waals surface area (Å²) in [6, 6.07) is 43.0. The van der Waals surface area contributed by atoms with Crippen LogP contribution >= 0.6 is 11.8 Å². The smallest absolute Gasteiger partial charge is 0.0888 e. The third-order valence-corrected chi connectivity index (χ3v) is 8.67. The van der Waals surface area contributed by atoms with E-state index in [4.69, 9.17) is 0 Å². The lowest BCUT2D eigenvalue weighted by molar-refractivity contribution is 1.33. The Labute approximate surface area is 221 Å². The van der Waals surface area contributed by atoms with Crippen molar-refractivity contribution in [1.82, 2.24) is 0 Å². The van der Waals surface area contributed by atoms with Crippen molar-refractivity contribution < 1.29 is 0 Å². The van der Waals surface area contributed by atoms with Gasteiger partial charge in [0.25, 0.3) is 0 Å². The molecule has 0 saturated carbocycles. The summed E-state index contributed by atoms with van der Waals surface area (Å²) in [4.78, 5) is 5.26. The van der Waals surface area contributed by atoms with Gasteiger partial charge in [0.05, 0.1) is 6.42 Å². The Balaban J connectivity index is 1.53. The average Bonchev–Trinajstić information content (AvgIpc) is 2.98. The van der Waals surface area contributed by atoms with Gasteiger partial charge in [-0.25, -0.2) is 0 Å². The van der Waals surface area contributed by atoms with Crippen LogP contribution in [0.15, 0.2) is 151 Å². The molecule has 0 amide bonds. The molecule has 0 unspecified atom stereocenters. The first kappa shape index (κ1) is 22.7. The maximum absolute atomic E-state index is 2.40. The second-order valence-corrected chi connectivity index (χ2v) is 11.0. The zero-order valence-corrected chi connectivity index (χ0v) is 21.4. The van der Waals surface area contributed by atoms with E-state index in [2.05, 4.69) is 140 Å². The van der Waals surface area contributed by atoms with Crippen LogP contribution < -0.4 is 0 Å². The van der Waals surface area contributed by atoms with E-state index in [1.165, 1.54) is 53.0 Å². The van der Waals surface area contributed by atoms with Gasteiger partial charge >= 0.3 is 0 Å². The molecule has 2 aliphatic rings. The molecule has 0 fully saturated rings. The van der Waals surface area contributed by atoms with Gasteiger partial charge in [0.2, 0.25) is 21.1 Å². The van der Waals surface area contributed by atoms with Gasteiger partial charge in [-0.1, -0.05) is 109 Å². The summed E-state index contributed by atoms with van der Waals surface area (Å²) in [5, 5.41) is 0. The molecule has 0 spiro atoms. The Morgan fingerprint density at radius 3 is 1.42 bits per heavy atom. The van der Waals surface area contributed by atoms with Gasteiger partial charge in [-0.2, -0.15) is 0 Å². The second kappa shape index (κ2) is 10.5. The highest BCUT2D eigenvalue weighted by Gasteiger charge is 2.28. The Hall–Kier alpha value is -3.72. The highest BCUT2D eigenvalue weighted by atomic mass is 32.2. The van der Waals surface area contributed by atoms with Crippen molar-refractivity contribution in [3.63, 3.8) is 0 Å². The first-order chi connectivity index (χ1) is 17.8. The molecule has 0 atom stereocenters. The maximum Gasteiger partial charge on any atom is 0.238 e. The first-order valence-corrected chi connectivity index (χ1v) is 13.8. The van der Waals surface area contributed by atoms with E-state index in [0.29, 0.717) is 0 Å². The fourth-order valence-electron chi connectivity index (χ4n) is 4.47. The van der Waals surface area contributed by atoms with Crippen molar-refractivity contribution in [1.29, 1.82) is 0 Å². The minimum atomic E-state index is 0.919. The first-order valence-electron chi connectivity index (χ1n) is 12.1. The van der Waals surface area contributed by atoms with Crippen LogP contribution in [-0.2, 0) is 11.4 Å². The highest BCUT2D eigenvalue weighted by molar-refractivity contribution is 8.16. The molecule has 2 heterocycles. The van der Waals surface area contributed by atoms with Gasteiger partial charge in [-0.05, 0) is 58.7 Å². The summed E-state index contributed by atoms with van der Waals surface area (Å²) >= 11 is 3.75. The Morgan fingerprint density at radius 1 is 0.472 bits per heavy atom. The number of hydrogen-bond donors (Lipinski definition) is 0. The van der Waals surface area contributed by atoms with Crippen molar-refractivity contribution in [2.75, 3.05) is 0 Å². The van der Waals surface area contributed by atoms with Gasteiger partial charge in [0.15, 0.2) is 0 Å². The predicted octanol–water partition coefficient (Wildman–Crippen LogP) is 8.86. The van der Waals surface area contributed by atoms with E-state index >= 15 is 0 Å². The number of allylic oxidation sites excluding steroid dienone is 5. The average molecular weight is 498 g/mol. The fourth-order valence-corrected chi connectivity index (χ4v) is 6.79. The minimum absolute atomic E-state index is 0.919. The number of rotatable bonds is 4. The van der Waals surface area contributed by atoms with Crippen molar-refractivity contribution >= 4 is 42.7 Å². The van der Waals surface area contributed by atoms with Crippen LogP contribution in [0, 0.1) is 0 Å². The predicted molar refractivity (Wildman–Crippen MR) is 160 cm³/mol. The molecule has 2 heteroatoms. The summed E-state index contributed by atoms with van der Waals surface area (Å²) in [6.45, 7) is 0. The Kier molecular flexibility index (Phi) is 6.62. The van der Waals surface area contributed by atoms with E-state index in [9.17, 15) is 0 Å². The SMILES string of the molecule is C1=C(c2ccccc2)SC(c2ccccc2)=CC1=C1C=C(c2ccccc2)[S+]=C(c2ccccc2)C1. The summed E-state index contributed by atoms with van der Waals surface area (Å²) < 4.78 is 0. The zero-order chi connectivity index (χ0) is 24.2. The normalized spacial score (nSPS) is 15.6. The minimum Gasteiger partial charge on any atom is -0.0888 e. The summed E-state index contributed by atoms with van der Waals surface area (Å²) in [5.41, 5.74) is 7.71. The molecule has 4 aromatic carbocycles. The van der Waals surface area contributed by atoms with Crippen LogP contribution in [0.25, 0.3) is 14.7 Å². The molecule has 172 valence electrons. The van der Waals surface area contributed by atoms with Crippen LogP contribution in [0.4, 0.5) is 0 Å². The van der Waals surface area contributed by atoms with Crippen molar-refractivity contribution in [2.45, 2.75) is 6.42 Å². The molecule has 0 bridgehead atoms. The lowest BCUT2D eigenvalue weighted by atomic mass is 9.96. The van der Waals surface area contributed by atoms with E-state index in [0.717, 1.165) is 6.42 Å². The van der Waals surface area contributed by atoms with E-state index in [1.807, 2.05) is 23.1 Å². The second-order valence-electron chi connectivity index (χ2n) is 8.77. The molecular formula is C34H25S2+. The van der Waals surface area contributed by atoms with E-state index in [-0.39, 0.29) is 0 Å². The number of thioether (sulfide) groups is 1. The third kappa shape index (κ3) is 4.97. The number of benzene rings is 4. The highest BCUT2D eigenvalue weighted by Crippen LogP contribution is 2.45. The molecule has 0 aromatic heterocycles.